The Morgan fingerprint density at radius 1 is 1.21 bits per heavy atom. The molecule has 4 heterocycles. The number of hydrogen-bond donors (Lipinski definition) is 1. The maximum atomic E-state index is 14.3. The maximum Gasteiger partial charge on any atom is 0.192 e. The van der Waals surface area contributed by atoms with Crippen molar-refractivity contribution in [1.29, 1.82) is 0 Å². The van der Waals surface area contributed by atoms with Crippen LogP contribution in [0.25, 0.3) is 22.6 Å². The first kappa shape index (κ1) is 20.9. The Balaban J connectivity index is 1.62. The molecule has 2 bridgehead atoms. The summed E-state index contributed by atoms with van der Waals surface area (Å²) >= 11 is 0. The zero-order chi connectivity index (χ0) is 23.6. The van der Waals surface area contributed by atoms with Crippen molar-refractivity contribution in [1.82, 2.24) is 19.7 Å². The molecule has 7 nitrogen and oxygen atoms in total. The number of nitrogen functional groups attached to an aromatic ring is 1. The lowest BCUT2D eigenvalue weighted by atomic mass is 9.96. The minimum absolute atomic E-state index is 0.286. The highest BCUT2D eigenvalue weighted by Gasteiger charge is 2.29. The topological polar surface area (TPSA) is 92.0 Å². The summed E-state index contributed by atoms with van der Waals surface area (Å²) in [5, 5.41) is 4.90. The fourth-order valence-electron chi connectivity index (χ4n) is 4.81. The van der Waals surface area contributed by atoms with E-state index in [0.717, 1.165) is 40.3 Å². The van der Waals surface area contributed by atoms with Gasteiger partial charge in [-0.3, -0.25) is 4.68 Å². The van der Waals surface area contributed by atoms with Gasteiger partial charge < -0.3 is 14.9 Å². The number of nitrogens with zero attached hydrogens (tertiary/aromatic N) is 4. The second-order valence-electron chi connectivity index (χ2n) is 9.32. The zero-order valence-corrected chi connectivity index (χ0v) is 19.4. The largest absolute Gasteiger partial charge is 0.482 e. The average Bonchev–Trinajstić information content (AvgIpc) is 3.46. The number of aromatic nitrogens is 4. The molecular weight excluding hydrogens is 433 g/mol. The van der Waals surface area contributed by atoms with E-state index in [4.69, 9.17) is 25.0 Å². The van der Waals surface area contributed by atoms with E-state index >= 15 is 0 Å². The molecule has 3 aromatic heterocycles. The molecule has 1 unspecified atom stereocenters. The highest BCUT2D eigenvalue weighted by Crippen LogP contribution is 2.41. The van der Waals surface area contributed by atoms with Gasteiger partial charge in [0, 0.05) is 48.3 Å². The number of halogens is 1. The van der Waals surface area contributed by atoms with Crippen LogP contribution in [0.5, 0.6) is 5.75 Å². The van der Waals surface area contributed by atoms with Crippen LogP contribution < -0.4 is 10.5 Å². The number of oxazole rings is 1. The van der Waals surface area contributed by atoms with E-state index in [1.807, 2.05) is 26.8 Å². The smallest absolute Gasteiger partial charge is 0.192 e. The highest BCUT2D eigenvalue weighted by molar-refractivity contribution is 5.71. The molecule has 0 saturated heterocycles. The van der Waals surface area contributed by atoms with Gasteiger partial charge in [0.05, 0.1) is 17.1 Å². The molecule has 1 fully saturated rings. The molecule has 2 aliphatic rings. The Kier molecular flexibility index (Phi) is 4.72. The molecule has 0 spiro atoms. The molecule has 34 heavy (non-hydrogen) atoms. The van der Waals surface area contributed by atoms with Gasteiger partial charge in [0.1, 0.15) is 11.9 Å². The van der Waals surface area contributed by atoms with E-state index in [9.17, 15) is 4.39 Å². The number of anilines is 1. The number of rotatable bonds is 2. The minimum Gasteiger partial charge on any atom is -0.482 e. The summed E-state index contributed by atoms with van der Waals surface area (Å²) < 4.78 is 28.8. The van der Waals surface area contributed by atoms with Crippen molar-refractivity contribution in [3.8, 4) is 28.3 Å². The number of pyridine rings is 1. The Morgan fingerprint density at radius 2 is 2.03 bits per heavy atom. The number of aryl methyl sites for hydroxylation is 2. The van der Waals surface area contributed by atoms with Gasteiger partial charge >= 0.3 is 0 Å². The van der Waals surface area contributed by atoms with E-state index in [0.29, 0.717) is 35.3 Å². The lowest BCUT2D eigenvalue weighted by molar-refractivity contribution is 0.227. The Morgan fingerprint density at radius 3 is 2.82 bits per heavy atom. The van der Waals surface area contributed by atoms with Crippen LogP contribution in [-0.4, -0.2) is 19.7 Å². The monoisotopic (exact) mass is 459 g/mol. The van der Waals surface area contributed by atoms with Crippen LogP contribution in [0.2, 0.25) is 0 Å². The quantitative estimate of drug-likeness (QED) is 0.432. The van der Waals surface area contributed by atoms with E-state index < -0.39 is 6.10 Å². The van der Waals surface area contributed by atoms with Gasteiger partial charge in [-0.05, 0) is 56.9 Å². The third-order valence-corrected chi connectivity index (χ3v) is 6.68. The third kappa shape index (κ3) is 3.54. The van der Waals surface area contributed by atoms with Crippen molar-refractivity contribution in [3.63, 3.8) is 0 Å². The van der Waals surface area contributed by atoms with Gasteiger partial charge in [0.15, 0.2) is 23.2 Å². The van der Waals surface area contributed by atoms with Crippen LogP contribution in [0.1, 0.15) is 54.3 Å². The van der Waals surface area contributed by atoms with Crippen molar-refractivity contribution < 1.29 is 13.5 Å². The second kappa shape index (κ2) is 7.68. The molecule has 6 rings (SSSR count). The minimum atomic E-state index is -0.500. The van der Waals surface area contributed by atoms with Crippen LogP contribution >= 0.6 is 0 Å². The SMILES string of the molecule is Cc1nc2c(o1)-c1ccc(F)cc1C(C)Oc1cc(cnc1N)-c1c(c(C)nn1CC1CC1)C2. The molecule has 1 aromatic carbocycles. The summed E-state index contributed by atoms with van der Waals surface area (Å²) in [6.45, 7) is 6.58. The average molecular weight is 460 g/mol. The number of ether oxygens (including phenoxy) is 1. The fraction of sp³-hybridized carbons (Fsp3) is 0.346. The Hall–Kier alpha value is -3.68. The van der Waals surface area contributed by atoms with Gasteiger partial charge in [0.2, 0.25) is 0 Å². The molecule has 0 radical (unpaired) electrons. The van der Waals surface area contributed by atoms with E-state index in [2.05, 4.69) is 9.67 Å². The van der Waals surface area contributed by atoms with Gasteiger partial charge in [-0.2, -0.15) is 5.10 Å². The first-order chi connectivity index (χ1) is 16.4. The van der Waals surface area contributed by atoms with Crippen molar-refractivity contribution in [3.05, 3.63) is 64.7 Å². The van der Waals surface area contributed by atoms with Crippen LogP contribution in [0, 0.1) is 25.6 Å². The van der Waals surface area contributed by atoms with Gasteiger partial charge in [0.25, 0.3) is 0 Å². The first-order valence-corrected chi connectivity index (χ1v) is 11.6. The summed E-state index contributed by atoms with van der Waals surface area (Å²) in [7, 11) is 0. The standard InChI is InChI=1S/C26H26FN5O2/c1-13-20-10-22-25(34-15(3)30-22)19-7-6-18(27)9-21(19)14(2)33-23-8-17(11-29-26(23)28)24(20)32(31-13)12-16-4-5-16/h6-9,11,14,16H,4-5,10,12H2,1-3H3,(H2,28,29). The van der Waals surface area contributed by atoms with Gasteiger partial charge in [-0.15, -0.1) is 0 Å². The molecule has 1 aliphatic heterocycles. The first-order valence-electron chi connectivity index (χ1n) is 11.6. The molecule has 2 N–H and O–H groups in total. The van der Waals surface area contributed by atoms with E-state index in [1.165, 1.54) is 25.0 Å². The predicted octanol–water partition coefficient (Wildman–Crippen LogP) is 5.39. The normalized spacial score (nSPS) is 17.1. The van der Waals surface area contributed by atoms with Crippen LogP contribution in [0.4, 0.5) is 10.2 Å². The van der Waals surface area contributed by atoms with Crippen LogP contribution in [0.3, 0.4) is 0 Å². The molecule has 1 saturated carbocycles. The fourth-order valence-corrected chi connectivity index (χ4v) is 4.81. The number of benzene rings is 1. The number of nitrogens with two attached hydrogens (primary N) is 1. The summed E-state index contributed by atoms with van der Waals surface area (Å²) in [5.41, 5.74) is 12.3. The second-order valence-corrected chi connectivity index (χ2v) is 9.32. The molecule has 8 heteroatoms. The lowest BCUT2D eigenvalue weighted by Crippen LogP contribution is -2.10. The summed E-state index contributed by atoms with van der Waals surface area (Å²) in [6, 6.07) is 6.55. The third-order valence-electron chi connectivity index (χ3n) is 6.68. The zero-order valence-electron chi connectivity index (χ0n) is 19.4. The summed E-state index contributed by atoms with van der Waals surface area (Å²) in [5.74, 6) is 2.22. The summed E-state index contributed by atoms with van der Waals surface area (Å²) in [4.78, 5) is 9.15. The van der Waals surface area contributed by atoms with Crippen molar-refractivity contribution in [2.45, 2.75) is 52.7 Å². The van der Waals surface area contributed by atoms with Crippen molar-refractivity contribution in [2.75, 3.05) is 5.73 Å². The molecule has 174 valence electrons. The van der Waals surface area contributed by atoms with Crippen molar-refractivity contribution in [2.24, 2.45) is 5.92 Å². The Bertz CT molecular complexity index is 1420. The number of fused-ring (bicyclic) bond motifs is 7. The molecule has 4 aromatic rings. The maximum absolute atomic E-state index is 14.3. The van der Waals surface area contributed by atoms with Gasteiger partial charge in [-0.25, -0.2) is 14.4 Å². The lowest BCUT2D eigenvalue weighted by Gasteiger charge is -2.20. The van der Waals surface area contributed by atoms with Crippen LogP contribution in [0.15, 0.2) is 34.9 Å². The number of hydrogen-bond acceptors (Lipinski definition) is 6. The summed E-state index contributed by atoms with van der Waals surface area (Å²) in [6.07, 6.45) is 4.24. The van der Waals surface area contributed by atoms with Crippen LogP contribution in [-0.2, 0) is 13.0 Å². The van der Waals surface area contributed by atoms with Gasteiger partial charge in [-0.1, -0.05) is 0 Å². The Labute approximate surface area is 196 Å². The highest BCUT2D eigenvalue weighted by atomic mass is 19.1. The van der Waals surface area contributed by atoms with E-state index in [1.54, 1.807) is 12.3 Å². The molecule has 1 aliphatic carbocycles. The molecular formula is C26H26FN5O2. The predicted molar refractivity (Wildman–Crippen MR) is 126 cm³/mol. The van der Waals surface area contributed by atoms with Crippen molar-refractivity contribution >= 4 is 5.82 Å². The molecule has 0 amide bonds. The molecule has 1 atom stereocenters. The van der Waals surface area contributed by atoms with E-state index in [-0.39, 0.29) is 11.6 Å².